The molecule has 0 bridgehead atoms. The standard InChI is InChI=1S/C33H30N2O8S/c1-5-42-32(39)28-19(2)34-33-35(29(28)22-10-12-24(40-3)13-11-22)30(36)27(44-33)17-20-9-14-25(26(16-20)41-4)43-18-21-7-6-8-23(15-21)31(37)38/h6-17,29H,5,18H2,1-4H3,(H,37,38)/b27-17+/t29-/m0/s1. The van der Waals surface area contributed by atoms with Crippen molar-refractivity contribution in [1.29, 1.82) is 0 Å². The average Bonchev–Trinajstić information content (AvgIpc) is 3.33. The second-order valence-corrected chi connectivity index (χ2v) is 10.8. The number of benzene rings is 3. The van der Waals surface area contributed by atoms with Gasteiger partial charge in [0.25, 0.3) is 5.56 Å². The van der Waals surface area contributed by atoms with Gasteiger partial charge < -0.3 is 24.1 Å². The van der Waals surface area contributed by atoms with E-state index in [1.165, 1.54) is 29.1 Å². The lowest BCUT2D eigenvalue weighted by molar-refractivity contribution is -0.139. The van der Waals surface area contributed by atoms with Crippen molar-refractivity contribution in [3.63, 3.8) is 0 Å². The normalized spacial score (nSPS) is 14.5. The van der Waals surface area contributed by atoms with Gasteiger partial charge in [-0.25, -0.2) is 14.6 Å². The molecule has 0 saturated carbocycles. The molecule has 1 aromatic heterocycles. The Balaban J connectivity index is 1.51. The summed E-state index contributed by atoms with van der Waals surface area (Å²) in [6, 6.07) is 18.2. The van der Waals surface area contributed by atoms with Gasteiger partial charge in [-0.2, -0.15) is 0 Å². The van der Waals surface area contributed by atoms with Crippen LogP contribution in [0, 0.1) is 0 Å². The topological polar surface area (TPSA) is 126 Å². The number of carbonyl (C=O) groups is 2. The number of carbonyl (C=O) groups excluding carboxylic acids is 1. The molecule has 2 heterocycles. The molecule has 0 radical (unpaired) electrons. The summed E-state index contributed by atoms with van der Waals surface area (Å²) in [4.78, 5) is 43.4. The molecule has 0 unspecified atom stereocenters. The fraction of sp³-hybridized carbons (Fsp3) is 0.212. The van der Waals surface area contributed by atoms with Crippen molar-refractivity contribution in [3.05, 3.63) is 120 Å². The zero-order valence-electron chi connectivity index (χ0n) is 24.5. The maximum absolute atomic E-state index is 13.9. The second kappa shape index (κ2) is 13.0. The van der Waals surface area contributed by atoms with E-state index >= 15 is 0 Å². The Morgan fingerprint density at radius 3 is 2.48 bits per heavy atom. The van der Waals surface area contributed by atoms with Crippen LogP contribution in [-0.4, -0.2) is 42.4 Å². The Hall–Kier alpha value is -5.16. The van der Waals surface area contributed by atoms with Crippen molar-refractivity contribution in [1.82, 2.24) is 4.57 Å². The van der Waals surface area contributed by atoms with E-state index in [0.717, 1.165) is 0 Å². The van der Waals surface area contributed by atoms with E-state index in [9.17, 15) is 19.5 Å². The maximum Gasteiger partial charge on any atom is 0.338 e. The number of rotatable bonds is 10. The molecule has 1 atom stereocenters. The molecule has 5 rings (SSSR count). The van der Waals surface area contributed by atoms with E-state index in [2.05, 4.69) is 4.99 Å². The third-order valence-corrected chi connectivity index (χ3v) is 7.99. The molecule has 1 aliphatic rings. The molecular weight excluding hydrogens is 584 g/mol. The first-order valence-electron chi connectivity index (χ1n) is 13.7. The van der Waals surface area contributed by atoms with Crippen molar-refractivity contribution in [3.8, 4) is 17.2 Å². The number of ether oxygens (including phenoxy) is 4. The molecule has 0 saturated heterocycles. The Labute approximate surface area is 256 Å². The Morgan fingerprint density at radius 2 is 1.80 bits per heavy atom. The lowest BCUT2D eigenvalue weighted by Gasteiger charge is -2.24. The number of carboxylic acids is 1. The number of carboxylic acid groups (broad SMARTS) is 1. The van der Waals surface area contributed by atoms with Gasteiger partial charge in [-0.05, 0) is 73.0 Å². The fourth-order valence-electron chi connectivity index (χ4n) is 4.89. The quantitative estimate of drug-likeness (QED) is 0.265. The number of fused-ring (bicyclic) bond motifs is 1. The molecular formula is C33H30N2O8S. The van der Waals surface area contributed by atoms with Crippen LogP contribution in [-0.2, 0) is 16.1 Å². The van der Waals surface area contributed by atoms with Crippen LogP contribution in [0.1, 0.15) is 46.9 Å². The molecule has 0 spiro atoms. The van der Waals surface area contributed by atoms with Gasteiger partial charge in [0.2, 0.25) is 0 Å². The monoisotopic (exact) mass is 614 g/mol. The highest BCUT2D eigenvalue weighted by atomic mass is 32.1. The van der Waals surface area contributed by atoms with Crippen molar-refractivity contribution in [2.45, 2.75) is 26.5 Å². The number of thiazole rings is 1. The van der Waals surface area contributed by atoms with E-state index in [0.29, 0.717) is 54.5 Å². The number of methoxy groups -OCH3 is 2. The van der Waals surface area contributed by atoms with Crippen LogP contribution in [0.15, 0.2) is 87.8 Å². The predicted octanol–water partition coefficient (Wildman–Crippen LogP) is 4.09. The van der Waals surface area contributed by atoms with Gasteiger partial charge in [0.05, 0.1) is 48.2 Å². The highest BCUT2D eigenvalue weighted by Crippen LogP contribution is 2.32. The number of hydrogen-bond acceptors (Lipinski definition) is 9. The van der Waals surface area contributed by atoms with E-state index in [-0.39, 0.29) is 24.3 Å². The zero-order chi connectivity index (χ0) is 31.4. The van der Waals surface area contributed by atoms with Crippen LogP contribution in [0.25, 0.3) is 6.08 Å². The Bertz CT molecular complexity index is 1940. The molecule has 3 aromatic carbocycles. The molecule has 11 heteroatoms. The van der Waals surface area contributed by atoms with Gasteiger partial charge >= 0.3 is 11.9 Å². The molecule has 0 aliphatic carbocycles. The summed E-state index contributed by atoms with van der Waals surface area (Å²) in [7, 11) is 3.08. The lowest BCUT2D eigenvalue weighted by atomic mass is 9.96. The summed E-state index contributed by atoms with van der Waals surface area (Å²) < 4.78 is 24.1. The van der Waals surface area contributed by atoms with E-state index in [1.54, 1.807) is 75.6 Å². The Kier molecular flexibility index (Phi) is 8.96. The largest absolute Gasteiger partial charge is 0.497 e. The van der Waals surface area contributed by atoms with E-state index in [4.69, 9.17) is 18.9 Å². The minimum Gasteiger partial charge on any atom is -0.497 e. The minimum absolute atomic E-state index is 0.142. The molecule has 226 valence electrons. The highest BCUT2D eigenvalue weighted by Gasteiger charge is 2.33. The van der Waals surface area contributed by atoms with Crippen LogP contribution in [0.4, 0.5) is 0 Å². The first-order valence-corrected chi connectivity index (χ1v) is 14.5. The summed E-state index contributed by atoms with van der Waals surface area (Å²) in [6.45, 7) is 3.79. The van der Waals surface area contributed by atoms with Crippen LogP contribution in [0.3, 0.4) is 0 Å². The van der Waals surface area contributed by atoms with E-state index < -0.39 is 18.0 Å². The number of esters is 1. The summed E-state index contributed by atoms with van der Waals surface area (Å²) in [5.74, 6) is 0.00808. The van der Waals surface area contributed by atoms with Crippen LogP contribution in [0.5, 0.6) is 17.2 Å². The molecule has 10 nitrogen and oxygen atoms in total. The van der Waals surface area contributed by atoms with Gasteiger partial charge in [0.1, 0.15) is 12.4 Å². The second-order valence-electron chi connectivity index (χ2n) is 9.78. The summed E-state index contributed by atoms with van der Waals surface area (Å²) in [6.07, 6.45) is 1.74. The first kappa shape index (κ1) is 30.3. The molecule has 44 heavy (non-hydrogen) atoms. The highest BCUT2D eigenvalue weighted by molar-refractivity contribution is 7.07. The SMILES string of the molecule is CCOC(=O)C1=C(C)N=c2s/c(=C/c3ccc(OCc4cccc(C(=O)O)c4)c(OC)c3)c(=O)n2[C@H]1c1ccc(OC)cc1. The lowest BCUT2D eigenvalue weighted by Crippen LogP contribution is -2.39. The smallest absolute Gasteiger partial charge is 0.338 e. The zero-order valence-corrected chi connectivity index (χ0v) is 25.3. The van der Waals surface area contributed by atoms with Gasteiger partial charge in [0, 0.05) is 0 Å². The maximum atomic E-state index is 13.9. The van der Waals surface area contributed by atoms with Crippen LogP contribution < -0.4 is 29.1 Å². The van der Waals surface area contributed by atoms with Crippen LogP contribution >= 0.6 is 11.3 Å². The van der Waals surface area contributed by atoms with Gasteiger partial charge in [-0.1, -0.05) is 41.7 Å². The first-order chi connectivity index (χ1) is 21.2. The number of aromatic nitrogens is 1. The third-order valence-electron chi connectivity index (χ3n) is 7.00. The molecule has 1 N–H and O–H groups in total. The Morgan fingerprint density at radius 1 is 1.02 bits per heavy atom. The van der Waals surface area contributed by atoms with Crippen molar-refractivity contribution < 1.29 is 33.6 Å². The molecule has 1 aliphatic heterocycles. The van der Waals surface area contributed by atoms with Crippen molar-refractivity contribution in [2.24, 2.45) is 4.99 Å². The van der Waals surface area contributed by atoms with E-state index in [1.807, 2.05) is 12.1 Å². The van der Waals surface area contributed by atoms with Gasteiger partial charge in [0.15, 0.2) is 16.3 Å². The molecule has 0 fully saturated rings. The fourth-order valence-corrected chi connectivity index (χ4v) is 5.94. The average molecular weight is 615 g/mol. The summed E-state index contributed by atoms with van der Waals surface area (Å²) >= 11 is 1.22. The van der Waals surface area contributed by atoms with Gasteiger partial charge in [-0.3, -0.25) is 9.36 Å². The van der Waals surface area contributed by atoms with Crippen LogP contribution in [0.2, 0.25) is 0 Å². The number of allylic oxidation sites excluding steroid dienone is 1. The van der Waals surface area contributed by atoms with Crippen molar-refractivity contribution in [2.75, 3.05) is 20.8 Å². The number of hydrogen-bond donors (Lipinski definition) is 1. The number of aromatic carboxylic acids is 1. The molecule has 4 aromatic rings. The summed E-state index contributed by atoms with van der Waals surface area (Å²) in [5, 5.41) is 9.24. The van der Waals surface area contributed by atoms with Crippen molar-refractivity contribution >= 4 is 29.4 Å². The minimum atomic E-state index is -1.01. The third kappa shape index (κ3) is 6.13. The number of nitrogens with zero attached hydrogens (tertiary/aromatic N) is 2. The predicted molar refractivity (Wildman–Crippen MR) is 164 cm³/mol. The summed E-state index contributed by atoms with van der Waals surface area (Å²) in [5.41, 5.74) is 2.75. The molecule has 0 amide bonds. The van der Waals surface area contributed by atoms with Gasteiger partial charge in [-0.15, -0.1) is 0 Å².